The number of nitrogens with zero attached hydrogens (tertiary/aromatic N) is 2. The molecule has 2 aromatic heterocycles. The molecule has 0 radical (unpaired) electrons. The number of anilines is 1. The molecule has 0 spiro atoms. The number of amides is 1. The largest absolute Gasteiger partial charge is 0.490 e. The Morgan fingerprint density at radius 2 is 1.97 bits per heavy atom. The molecule has 1 fully saturated rings. The van der Waals surface area contributed by atoms with Crippen molar-refractivity contribution in [1.29, 1.82) is 0 Å². The molecular weight excluding hydrogens is 417 g/mol. The third-order valence-corrected chi connectivity index (χ3v) is 4.96. The summed E-state index contributed by atoms with van der Waals surface area (Å²) in [6, 6.07) is 7.82. The standard InChI is InChI=1S/C18H16N4O2.C2HF3O2/c23-17(21-15-3-1-2-11-7-19-9-14(11)15)12-6-13-16(10-4-5-10)22-24-18(13)20-8-12;3-2(4,5)1(6)7/h1-3,6,8,10,19H,4-5,7,9H2,(H,21,23);(H,6,7). The van der Waals surface area contributed by atoms with E-state index in [2.05, 4.69) is 26.8 Å². The Balaban J connectivity index is 0.000000289. The number of fused-ring (bicyclic) bond motifs is 2. The molecule has 0 unspecified atom stereocenters. The Morgan fingerprint density at radius 3 is 2.65 bits per heavy atom. The zero-order chi connectivity index (χ0) is 22.2. The van der Waals surface area contributed by atoms with Crippen molar-refractivity contribution < 1.29 is 32.4 Å². The molecule has 1 aliphatic carbocycles. The number of carbonyl (C=O) groups excluding carboxylic acids is 1. The van der Waals surface area contributed by atoms with E-state index in [-0.39, 0.29) is 5.91 Å². The average Bonchev–Trinajstić information content (AvgIpc) is 3.29. The van der Waals surface area contributed by atoms with Gasteiger partial charge in [0.2, 0.25) is 0 Å². The first-order valence-corrected chi connectivity index (χ1v) is 9.42. The zero-order valence-electron chi connectivity index (χ0n) is 16.0. The molecule has 1 saturated carbocycles. The van der Waals surface area contributed by atoms with Gasteiger partial charge in [-0.05, 0) is 36.1 Å². The van der Waals surface area contributed by atoms with Gasteiger partial charge in [-0.15, -0.1) is 0 Å². The lowest BCUT2D eigenvalue weighted by molar-refractivity contribution is -0.192. The van der Waals surface area contributed by atoms with Crippen molar-refractivity contribution in [3.05, 3.63) is 52.8 Å². The average molecular weight is 434 g/mol. The zero-order valence-corrected chi connectivity index (χ0v) is 16.0. The number of carboxylic acid groups (broad SMARTS) is 1. The molecule has 1 aromatic carbocycles. The van der Waals surface area contributed by atoms with Crippen LogP contribution >= 0.6 is 0 Å². The van der Waals surface area contributed by atoms with E-state index in [1.807, 2.05) is 18.2 Å². The molecule has 3 N–H and O–H groups in total. The fourth-order valence-corrected chi connectivity index (χ4v) is 3.27. The van der Waals surface area contributed by atoms with Crippen LogP contribution in [-0.2, 0) is 17.9 Å². The molecule has 0 saturated heterocycles. The van der Waals surface area contributed by atoms with Crippen LogP contribution in [0.25, 0.3) is 11.1 Å². The smallest absolute Gasteiger partial charge is 0.475 e. The summed E-state index contributed by atoms with van der Waals surface area (Å²) in [7, 11) is 0. The van der Waals surface area contributed by atoms with E-state index in [9.17, 15) is 18.0 Å². The Bertz CT molecular complexity index is 1160. The van der Waals surface area contributed by atoms with Gasteiger partial charge in [0.25, 0.3) is 11.6 Å². The third-order valence-electron chi connectivity index (χ3n) is 4.96. The van der Waals surface area contributed by atoms with Gasteiger partial charge in [-0.25, -0.2) is 9.78 Å². The first-order chi connectivity index (χ1) is 14.7. The Labute approximate surface area is 173 Å². The van der Waals surface area contributed by atoms with Crippen molar-refractivity contribution in [3.63, 3.8) is 0 Å². The number of benzene rings is 1. The second-order valence-corrected chi connectivity index (χ2v) is 7.22. The highest BCUT2D eigenvalue weighted by Crippen LogP contribution is 2.42. The minimum absolute atomic E-state index is 0.160. The molecular formula is C20H17F3N4O4. The maximum Gasteiger partial charge on any atom is 0.490 e. The highest BCUT2D eigenvalue weighted by atomic mass is 19.4. The maximum atomic E-state index is 12.7. The monoisotopic (exact) mass is 434 g/mol. The van der Waals surface area contributed by atoms with Gasteiger partial charge in [-0.2, -0.15) is 13.2 Å². The molecule has 1 aliphatic heterocycles. The van der Waals surface area contributed by atoms with E-state index in [0.29, 0.717) is 17.2 Å². The summed E-state index contributed by atoms with van der Waals surface area (Å²) in [6.07, 6.45) is -1.29. The molecule has 31 heavy (non-hydrogen) atoms. The van der Waals surface area contributed by atoms with Crippen LogP contribution < -0.4 is 10.6 Å². The van der Waals surface area contributed by atoms with E-state index >= 15 is 0 Å². The van der Waals surface area contributed by atoms with E-state index < -0.39 is 12.1 Å². The summed E-state index contributed by atoms with van der Waals surface area (Å²) >= 11 is 0. The lowest BCUT2D eigenvalue weighted by Gasteiger charge is -2.09. The number of halogens is 3. The summed E-state index contributed by atoms with van der Waals surface area (Å²) < 4.78 is 37.0. The fraction of sp³-hybridized carbons (Fsp3) is 0.300. The van der Waals surface area contributed by atoms with Gasteiger partial charge in [-0.1, -0.05) is 17.3 Å². The van der Waals surface area contributed by atoms with E-state index in [1.165, 1.54) is 5.56 Å². The van der Waals surface area contributed by atoms with Crippen LogP contribution in [-0.4, -0.2) is 33.3 Å². The van der Waals surface area contributed by atoms with Crippen molar-refractivity contribution in [2.75, 3.05) is 5.32 Å². The molecule has 0 bridgehead atoms. The van der Waals surface area contributed by atoms with Gasteiger partial charge >= 0.3 is 12.1 Å². The number of carbonyl (C=O) groups is 2. The SMILES string of the molecule is O=C(Nc1cccc2c1CNC2)c1cnc2onc(C3CC3)c2c1.O=C(O)C(F)(F)F. The number of rotatable bonds is 3. The van der Waals surface area contributed by atoms with Crippen LogP contribution in [0.3, 0.4) is 0 Å². The van der Waals surface area contributed by atoms with Crippen molar-refractivity contribution in [1.82, 2.24) is 15.5 Å². The number of carboxylic acids is 1. The van der Waals surface area contributed by atoms with Gasteiger partial charge < -0.3 is 20.3 Å². The first-order valence-electron chi connectivity index (χ1n) is 9.42. The lowest BCUT2D eigenvalue weighted by Crippen LogP contribution is -2.21. The maximum absolute atomic E-state index is 12.7. The van der Waals surface area contributed by atoms with Gasteiger partial charge in [0.05, 0.1) is 16.6 Å². The van der Waals surface area contributed by atoms with Crippen LogP contribution in [0.4, 0.5) is 18.9 Å². The molecule has 11 heteroatoms. The van der Waals surface area contributed by atoms with Gasteiger partial charge in [0, 0.05) is 30.9 Å². The molecule has 1 amide bonds. The number of aromatic nitrogens is 2. The minimum Gasteiger partial charge on any atom is -0.475 e. The van der Waals surface area contributed by atoms with E-state index in [0.717, 1.165) is 48.3 Å². The molecule has 5 rings (SSSR count). The van der Waals surface area contributed by atoms with E-state index in [1.54, 1.807) is 6.20 Å². The Morgan fingerprint density at radius 1 is 1.23 bits per heavy atom. The lowest BCUT2D eigenvalue weighted by atomic mass is 10.1. The normalized spacial score (nSPS) is 15.2. The number of hydrogen-bond donors (Lipinski definition) is 3. The summed E-state index contributed by atoms with van der Waals surface area (Å²) in [4.78, 5) is 25.8. The van der Waals surface area contributed by atoms with Crippen LogP contribution in [0.15, 0.2) is 35.0 Å². The topological polar surface area (TPSA) is 117 Å². The number of pyridine rings is 1. The Hall–Kier alpha value is -3.47. The second-order valence-electron chi connectivity index (χ2n) is 7.22. The molecule has 3 heterocycles. The highest BCUT2D eigenvalue weighted by Gasteiger charge is 2.38. The van der Waals surface area contributed by atoms with Gasteiger partial charge in [-0.3, -0.25) is 4.79 Å². The number of alkyl halides is 3. The predicted octanol–water partition coefficient (Wildman–Crippen LogP) is 3.59. The van der Waals surface area contributed by atoms with Crippen molar-refractivity contribution in [2.24, 2.45) is 0 Å². The van der Waals surface area contributed by atoms with Gasteiger partial charge in [0.15, 0.2) is 0 Å². The fourth-order valence-electron chi connectivity index (χ4n) is 3.27. The van der Waals surface area contributed by atoms with Crippen LogP contribution in [0.5, 0.6) is 0 Å². The number of nitrogens with one attached hydrogen (secondary N) is 2. The molecule has 162 valence electrons. The summed E-state index contributed by atoms with van der Waals surface area (Å²) in [5.74, 6) is -2.46. The van der Waals surface area contributed by atoms with Crippen LogP contribution in [0.1, 0.15) is 45.9 Å². The Kier molecular flexibility index (Phi) is 5.36. The van der Waals surface area contributed by atoms with E-state index in [4.69, 9.17) is 14.4 Å². The predicted molar refractivity (Wildman–Crippen MR) is 102 cm³/mol. The summed E-state index contributed by atoms with van der Waals surface area (Å²) in [6.45, 7) is 1.62. The van der Waals surface area contributed by atoms with Crippen molar-refractivity contribution in [3.8, 4) is 0 Å². The number of aliphatic carboxylic acids is 1. The summed E-state index contributed by atoms with van der Waals surface area (Å²) in [5, 5.41) is 18.4. The molecule has 8 nitrogen and oxygen atoms in total. The molecule has 3 aromatic rings. The van der Waals surface area contributed by atoms with Crippen LogP contribution in [0, 0.1) is 0 Å². The second kappa shape index (κ2) is 7.99. The summed E-state index contributed by atoms with van der Waals surface area (Å²) in [5.41, 5.74) is 5.20. The molecule has 0 atom stereocenters. The quantitative estimate of drug-likeness (QED) is 0.577. The minimum atomic E-state index is -5.08. The first kappa shape index (κ1) is 20.8. The van der Waals surface area contributed by atoms with Crippen molar-refractivity contribution >= 4 is 28.7 Å². The van der Waals surface area contributed by atoms with Crippen LogP contribution in [0.2, 0.25) is 0 Å². The number of hydrogen-bond acceptors (Lipinski definition) is 6. The highest BCUT2D eigenvalue weighted by molar-refractivity contribution is 6.06. The van der Waals surface area contributed by atoms with Gasteiger partial charge in [0.1, 0.15) is 0 Å². The third kappa shape index (κ3) is 4.50. The molecule has 2 aliphatic rings. The van der Waals surface area contributed by atoms with Crippen molar-refractivity contribution in [2.45, 2.75) is 38.0 Å².